The SMILES string of the molecule is Cl.O=C(CNc1ccccc1)NC1CC2CCC1C2. The third kappa shape index (κ3) is 3.41. The molecule has 3 unspecified atom stereocenters. The summed E-state index contributed by atoms with van der Waals surface area (Å²) in [4.78, 5) is 11.9. The fourth-order valence-electron chi connectivity index (χ4n) is 3.42. The lowest BCUT2D eigenvalue weighted by Crippen LogP contribution is -2.41. The van der Waals surface area contributed by atoms with Gasteiger partial charge in [0.1, 0.15) is 0 Å². The molecule has 2 aliphatic rings. The van der Waals surface area contributed by atoms with E-state index < -0.39 is 0 Å². The fourth-order valence-corrected chi connectivity index (χ4v) is 3.42. The highest BCUT2D eigenvalue weighted by molar-refractivity contribution is 5.85. The van der Waals surface area contributed by atoms with E-state index in [-0.39, 0.29) is 18.3 Å². The second-order valence-corrected chi connectivity index (χ2v) is 5.57. The van der Waals surface area contributed by atoms with Gasteiger partial charge in [0, 0.05) is 11.7 Å². The molecule has 3 nitrogen and oxygen atoms in total. The molecule has 4 heteroatoms. The van der Waals surface area contributed by atoms with Gasteiger partial charge < -0.3 is 10.6 Å². The number of halogens is 1. The topological polar surface area (TPSA) is 41.1 Å². The predicted octanol–water partition coefficient (Wildman–Crippen LogP) is 2.83. The van der Waals surface area contributed by atoms with Gasteiger partial charge in [0.15, 0.2) is 0 Å². The van der Waals surface area contributed by atoms with Gasteiger partial charge in [-0.3, -0.25) is 4.79 Å². The second-order valence-electron chi connectivity index (χ2n) is 5.57. The second kappa shape index (κ2) is 6.29. The minimum absolute atomic E-state index is 0. The van der Waals surface area contributed by atoms with E-state index in [4.69, 9.17) is 0 Å². The van der Waals surface area contributed by atoms with E-state index in [9.17, 15) is 4.79 Å². The fraction of sp³-hybridized carbons (Fsp3) is 0.533. The molecule has 0 aromatic heterocycles. The number of nitrogens with one attached hydrogen (secondary N) is 2. The summed E-state index contributed by atoms with van der Waals surface area (Å²) in [5.41, 5.74) is 1.00. The van der Waals surface area contributed by atoms with Crippen molar-refractivity contribution >= 4 is 24.0 Å². The van der Waals surface area contributed by atoms with Crippen LogP contribution in [0.15, 0.2) is 30.3 Å². The number of anilines is 1. The number of rotatable bonds is 4. The Labute approximate surface area is 120 Å². The number of para-hydroxylation sites is 1. The van der Waals surface area contributed by atoms with Crippen molar-refractivity contribution in [3.05, 3.63) is 30.3 Å². The van der Waals surface area contributed by atoms with E-state index in [1.807, 2.05) is 30.3 Å². The Morgan fingerprint density at radius 3 is 2.58 bits per heavy atom. The van der Waals surface area contributed by atoms with E-state index in [1.54, 1.807) is 0 Å². The van der Waals surface area contributed by atoms with Crippen LogP contribution in [0.2, 0.25) is 0 Å². The average molecular weight is 281 g/mol. The molecule has 0 radical (unpaired) electrons. The molecular weight excluding hydrogens is 260 g/mol. The Hall–Kier alpha value is -1.22. The molecule has 104 valence electrons. The minimum atomic E-state index is 0. The van der Waals surface area contributed by atoms with Crippen molar-refractivity contribution in [3.8, 4) is 0 Å². The van der Waals surface area contributed by atoms with Gasteiger partial charge in [-0.2, -0.15) is 0 Å². The van der Waals surface area contributed by atoms with Crippen LogP contribution in [-0.4, -0.2) is 18.5 Å². The highest BCUT2D eigenvalue weighted by Gasteiger charge is 2.39. The Kier molecular flexibility index (Phi) is 4.70. The molecule has 3 atom stereocenters. The zero-order valence-electron chi connectivity index (χ0n) is 11.0. The predicted molar refractivity (Wildman–Crippen MR) is 79.6 cm³/mol. The summed E-state index contributed by atoms with van der Waals surface area (Å²) >= 11 is 0. The normalized spacial score (nSPS) is 27.7. The summed E-state index contributed by atoms with van der Waals surface area (Å²) in [6.45, 7) is 0.373. The molecule has 2 bridgehead atoms. The van der Waals surface area contributed by atoms with Gasteiger partial charge in [-0.1, -0.05) is 24.6 Å². The maximum Gasteiger partial charge on any atom is 0.239 e. The maximum atomic E-state index is 11.9. The first-order valence-corrected chi connectivity index (χ1v) is 6.89. The van der Waals surface area contributed by atoms with Crippen molar-refractivity contribution in [1.82, 2.24) is 5.32 Å². The Morgan fingerprint density at radius 1 is 1.16 bits per heavy atom. The summed E-state index contributed by atoms with van der Waals surface area (Å²) in [6, 6.07) is 10.3. The van der Waals surface area contributed by atoms with Crippen LogP contribution in [-0.2, 0) is 4.79 Å². The van der Waals surface area contributed by atoms with Crippen LogP contribution in [0.1, 0.15) is 25.7 Å². The van der Waals surface area contributed by atoms with Crippen molar-refractivity contribution in [2.24, 2.45) is 11.8 Å². The van der Waals surface area contributed by atoms with E-state index in [1.165, 1.54) is 25.7 Å². The number of carbonyl (C=O) groups excluding carboxylic acids is 1. The van der Waals surface area contributed by atoms with Crippen molar-refractivity contribution in [1.29, 1.82) is 0 Å². The summed E-state index contributed by atoms with van der Waals surface area (Å²) in [5, 5.41) is 6.33. The highest BCUT2D eigenvalue weighted by Crippen LogP contribution is 2.44. The lowest BCUT2D eigenvalue weighted by atomic mass is 9.95. The van der Waals surface area contributed by atoms with Crippen molar-refractivity contribution < 1.29 is 4.79 Å². The van der Waals surface area contributed by atoms with Crippen LogP contribution in [0.4, 0.5) is 5.69 Å². The van der Waals surface area contributed by atoms with Crippen LogP contribution in [0, 0.1) is 11.8 Å². The smallest absolute Gasteiger partial charge is 0.239 e. The Balaban J connectivity index is 0.00000133. The van der Waals surface area contributed by atoms with E-state index in [0.29, 0.717) is 12.6 Å². The van der Waals surface area contributed by atoms with Gasteiger partial charge in [-0.05, 0) is 43.2 Å². The van der Waals surface area contributed by atoms with Crippen LogP contribution >= 0.6 is 12.4 Å². The van der Waals surface area contributed by atoms with Crippen LogP contribution in [0.3, 0.4) is 0 Å². The number of benzene rings is 1. The van der Waals surface area contributed by atoms with E-state index in [0.717, 1.165) is 17.5 Å². The van der Waals surface area contributed by atoms with Gasteiger partial charge in [0.25, 0.3) is 0 Å². The van der Waals surface area contributed by atoms with Crippen LogP contribution in [0.5, 0.6) is 0 Å². The third-order valence-electron chi connectivity index (χ3n) is 4.31. The van der Waals surface area contributed by atoms with Crippen LogP contribution in [0.25, 0.3) is 0 Å². The van der Waals surface area contributed by atoms with Gasteiger partial charge in [0.05, 0.1) is 6.54 Å². The number of hydrogen-bond acceptors (Lipinski definition) is 2. The quantitative estimate of drug-likeness (QED) is 0.890. The molecule has 1 aromatic carbocycles. The molecular formula is C15H21ClN2O. The van der Waals surface area contributed by atoms with Crippen LogP contribution < -0.4 is 10.6 Å². The molecule has 0 heterocycles. The van der Waals surface area contributed by atoms with Gasteiger partial charge in [0.2, 0.25) is 5.91 Å². The molecule has 2 fully saturated rings. The molecule has 3 rings (SSSR count). The average Bonchev–Trinajstić information content (AvgIpc) is 3.00. The summed E-state index contributed by atoms with van der Waals surface area (Å²) in [6.07, 6.45) is 5.21. The molecule has 19 heavy (non-hydrogen) atoms. The van der Waals surface area contributed by atoms with Gasteiger partial charge in [-0.15, -0.1) is 12.4 Å². The first kappa shape index (κ1) is 14.2. The molecule has 2 saturated carbocycles. The molecule has 0 aliphatic heterocycles. The number of amides is 1. The first-order valence-electron chi connectivity index (χ1n) is 6.89. The zero-order chi connectivity index (χ0) is 12.4. The van der Waals surface area contributed by atoms with Gasteiger partial charge >= 0.3 is 0 Å². The van der Waals surface area contributed by atoms with Crippen molar-refractivity contribution in [2.45, 2.75) is 31.7 Å². The lowest BCUT2D eigenvalue weighted by Gasteiger charge is -2.23. The van der Waals surface area contributed by atoms with E-state index in [2.05, 4.69) is 10.6 Å². The van der Waals surface area contributed by atoms with E-state index >= 15 is 0 Å². The molecule has 2 N–H and O–H groups in total. The largest absolute Gasteiger partial charge is 0.376 e. The summed E-state index contributed by atoms with van der Waals surface area (Å²) < 4.78 is 0. The first-order chi connectivity index (χ1) is 8.81. The lowest BCUT2D eigenvalue weighted by molar-refractivity contribution is -0.120. The Morgan fingerprint density at radius 2 is 1.95 bits per heavy atom. The summed E-state index contributed by atoms with van der Waals surface area (Å²) in [7, 11) is 0. The number of carbonyl (C=O) groups is 1. The number of fused-ring (bicyclic) bond motifs is 2. The standard InChI is InChI=1S/C15H20N2O.ClH/c18-15(10-16-13-4-2-1-3-5-13)17-14-9-11-6-7-12(14)8-11;/h1-5,11-12,14,16H,6-10H2,(H,17,18);1H. The summed E-state index contributed by atoms with van der Waals surface area (Å²) in [5.74, 6) is 1.74. The monoisotopic (exact) mass is 280 g/mol. The molecule has 1 aromatic rings. The zero-order valence-corrected chi connectivity index (χ0v) is 11.8. The number of hydrogen-bond donors (Lipinski definition) is 2. The molecule has 1 amide bonds. The third-order valence-corrected chi connectivity index (χ3v) is 4.31. The van der Waals surface area contributed by atoms with Crippen molar-refractivity contribution in [2.75, 3.05) is 11.9 Å². The minimum Gasteiger partial charge on any atom is -0.376 e. The highest BCUT2D eigenvalue weighted by atomic mass is 35.5. The molecule has 0 saturated heterocycles. The van der Waals surface area contributed by atoms with Crippen molar-refractivity contribution in [3.63, 3.8) is 0 Å². The van der Waals surface area contributed by atoms with Gasteiger partial charge in [-0.25, -0.2) is 0 Å². The molecule has 2 aliphatic carbocycles. The Bertz CT molecular complexity index is 423. The maximum absolute atomic E-state index is 11.9. The molecule has 0 spiro atoms.